The molecule has 0 bridgehead atoms. The van der Waals surface area contributed by atoms with Gasteiger partial charge in [0.25, 0.3) is 0 Å². The molecule has 2 aromatic heterocycles. The molecule has 0 unspecified atom stereocenters. The maximum atomic E-state index is 11.6. The number of benzene rings is 1. The minimum atomic E-state index is -0.410. The summed E-state index contributed by atoms with van der Waals surface area (Å²) < 4.78 is 11.2. The number of hydrogen-bond donors (Lipinski definition) is 0. The molecule has 0 spiro atoms. The molecule has 0 saturated heterocycles. The van der Waals surface area contributed by atoms with Crippen molar-refractivity contribution in [3.63, 3.8) is 0 Å². The van der Waals surface area contributed by atoms with Crippen molar-refractivity contribution in [2.45, 2.75) is 0 Å². The summed E-state index contributed by atoms with van der Waals surface area (Å²) in [7, 11) is 0. The fraction of sp³-hybridized carbons (Fsp3) is 0. The van der Waals surface area contributed by atoms with E-state index in [9.17, 15) is 4.79 Å². The van der Waals surface area contributed by atoms with Crippen LogP contribution >= 0.6 is 15.9 Å². The smallest absolute Gasteiger partial charge is 0.346 e. The summed E-state index contributed by atoms with van der Waals surface area (Å²) in [5.41, 5.74) is 0.754. The van der Waals surface area contributed by atoms with E-state index in [1.54, 1.807) is 6.07 Å². The Balaban J connectivity index is 2.27. The Labute approximate surface area is 105 Å². The highest BCUT2D eigenvalue weighted by atomic mass is 79.9. The van der Waals surface area contributed by atoms with Crippen molar-refractivity contribution in [1.82, 2.24) is 0 Å². The van der Waals surface area contributed by atoms with Crippen LogP contribution in [0.2, 0.25) is 0 Å². The third-order valence-electron chi connectivity index (χ3n) is 2.47. The van der Waals surface area contributed by atoms with Crippen LogP contribution in [0.5, 0.6) is 0 Å². The summed E-state index contributed by atoms with van der Waals surface area (Å²) >= 11 is 3.26. The highest BCUT2D eigenvalue weighted by Gasteiger charge is 2.11. The molecule has 0 aliphatic heterocycles. The van der Waals surface area contributed by atoms with Gasteiger partial charge in [0.15, 0.2) is 0 Å². The summed E-state index contributed by atoms with van der Waals surface area (Å²) in [4.78, 5) is 11.6. The zero-order valence-electron chi connectivity index (χ0n) is 8.64. The number of rotatable bonds is 1. The van der Waals surface area contributed by atoms with E-state index in [4.69, 9.17) is 8.83 Å². The molecule has 3 nitrogen and oxygen atoms in total. The van der Waals surface area contributed by atoms with Crippen molar-refractivity contribution in [2.75, 3.05) is 0 Å². The Bertz CT molecular complexity index is 707. The lowest BCUT2D eigenvalue weighted by Crippen LogP contribution is -2.00. The van der Waals surface area contributed by atoms with Crippen LogP contribution in [0, 0.1) is 0 Å². The molecule has 0 amide bonds. The van der Waals surface area contributed by atoms with Crippen LogP contribution in [-0.2, 0) is 0 Å². The highest BCUT2D eigenvalue weighted by molar-refractivity contribution is 9.10. The van der Waals surface area contributed by atoms with Gasteiger partial charge in [0, 0.05) is 5.39 Å². The lowest BCUT2D eigenvalue weighted by molar-refractivity contribution is 0.506. The second-order valence-electron chi connectivity index (χ2n) is 3.61. The van der Waals surface area contributed by atoms with Gasteiger partial charge in [-0.2, -0.15) is 0 Å². The molecule has 0 aliphatic carbocycles. The van der Waals surface area contributed by atoms with E-state index in [-0.39, 0.29) is 0 Å². The largest absolute Gasteiger partial charge is 0.456 e. The molecule has 1 aromatic carbocycles. The van der Waals surface area contributed by atoms with Gasteiger partial charge in [-0.15, -0.1) is 0 Å². The highest BCUT2D eigenvalue weighted by Crippen LogP contribution is 2.26. The quantitative estimate of drug-likeness (QED) is 0.684. The predicted octanol–water partition coefficient (Wildman–Crippen LogP) is 3.82. The molecule has 3 rings (SSSR count). The molecule has 17 heavy (non-hydrogen) atoms. The van der Waals surface area contributed by atoms with Gasteiger partial charge in [-0.25, -0.2) is 4.79 Å². The average Bonchev–Trinajstić information content (AvgIpc) is 2.75. The van der Waals surface area contributed by atoms with Crippen molar-refractivity contribution < 1.29 is 8.83 Å². The average molecular weight is 291 g/mol. The van der Waals surface area contributed by atoms with Crippen LogP contribution in [-0.4, -0.2) is 0 Å². The molecular weight excluding hydrogens is 284 g/mol. The fourth-order valence-corrected chi connectivity index (χ4v) is 2.01. The Morgan fingerprint density at radius 2 is 1.94 bits per heavy atom. The van der Waals surface area contributed by atoms with Gasteiger partial charge < -0.3 is 8.83 Å². The molecule has 0 aliphatic rings. The summed E-state index contributed by atoms with van der Waals surface area (Å²) in [6, 6.07) is 11.1. The van der Waals surface area contributed by atoms with E-state index in [1.165, 1.54) is 6.26 Å². The van der Waals surface area contributed by atoms with E-state index < -0.39 is 5.63 Å². The Hall–Kier alpha value is -1.81. The maximum Gasteiger partial charge on any atom is 0.346 e. The fourth-order valence-electron chi connectivity index (χ4n) is 1.69. The van der Waals surface area contributed by atoms with Gasteiger partial charge in [-0.3, -0.25) is 0 Å². The van der Waals surface area contributed by atoms with Crippen molar-refractivity contribution in [3.8, 4) is 11.3 Å². The predicted molar refractivity (Wildman–Crippen MR) is 67.9 cm³/mol. The minimum absolute atomic E-state index is 0.410. The second kappa shape index (κ2) is 3.89. The second-order valence-corrected chi connectivity index (χ2v) is 4.53. The first-order chi connectivity index (χ1) is 8.24. The van der Waals surface area contributed by atoms with Gasteiger partial charge in [0.2, 0.25) is 0 Å². The summed E-state index contributed by atoms with van der Waals surface area (Å²) in [6.07, 6.45) is 1.36. The number of fused-ring (bicyclic) bond motifs is 1. The Kier molecular flexibility index (Phi) is 2.37. The third kappa shape index (κ3) is 1.80. The molecule has 0 fully saturated rings. The van der Waals surface area contributed by atoms with Gasteiger partial charge in [-0.05, 0) is 34.1 Å². The standard InChI is InChI=1S/C13H7BrO3/c14-9-6-10(13(15)16-7-9)12-5-8-3-1-2-4-11(8)17-12/h1-7H. The van der Waals surface area contributed by atoms with E-state index in [0.717, 1.165) is 11.0 Å². The SMILES string of the molecule is O=c1occ(Br)cc1-c1cc2ccccc2o1. The molecular formula is C13H7BrO3. The normalized spacial score (nSPS) is 10.9. The first kappa shape index (κ1) is 10.4. The van der Waals surface area contributed by atoms with Crippen LogP contribution in [0.3, 0.4) is 0 Å². The van der Waals surface area contributed by atoms with E-state index >= 15 is 0 Å². The maximum absolute atomic E-state index is 11.6. The van der Waals surface area contributed by atoms with Crippen molar-refractivity contribution in [2.24, 2.45) is 0 Å². The number of para-hydroxylation sites is 1. The monoisotopic (exact) mass is 290 g/mol. The summed E-state index contributed by atoms with van der Waals surface area (Å²) in [5, 5.41) is 0.960. The van der Waals surface area contributed by atoms with Gasteiger partial charge >= 0.3 is 5.63 Å². The van der Waals surface area contributed by atoms with E-state index in [1.807, 2.05) is 30.3 Å². The van der Waals surface area contributed by atoms with Crippen LogP contribution < -0.4 is 5.63 Å². The van der Waals surface area contributed by atoms with Crippen LogP contribution in [0.1, 0.15) is 0 Å². The zero-order valence-corrected chi connectivity index (χ0v) is 10.2. The van der Waals surface area contributed by atoms with Crippen LogP contribution in [0.4, 0.5) is 0 Å². The Morgan fingerprint density at radius 3 is 2.76 bits per heavy atom. The Morgan fingerprint density at radius 1 is 1.12 bits per heavy atom. The number of halogens is 1. The lowest BCUT2D eigenvalue weighted by Gasteiger charge is -1.94. The van der Waals surface area contributed by atoms with Crippen molar-refractivity contribution in [3.05, 3.63) is 57.6 Å². The topological polar surface area (TPSA) is 43.4 Å². The van der Waals surface area contributed by atoms with Crippen LogP contribution in [0.15, 0.2) is 60.8 Å². The molecule has 0 N–H and O–H groups in total. The number of hydrogen-bond acceptors (Lipinski definition) is 3. The minimum Gasteiger partial charge on any atom is -0.456 e. The van der Waals surface area contributed by atoms with Gasteiger partial charge in [0.05, 0.1) is 4.47 Å². The molecule has 84 valence electrons. The molecule has 4 heteroatoms. The lowest BCUT2D eigenvalue weighted by atomic mass is 10.2. The van der Waals surface area contributed by atoms with Crippen LogP contribution in [0.25, 0.3) is 22.3 Å². The van der Waals surface area contributed by atoms with Crippen molar-refractivity contribution >= 4 is 26.9 Å². The molecule has 2 heterocycles. The first-order valence-corrected chi connectivity index (χ1v) is 5.80. The van der Waals surface area contributed by atoms with E-state index in [0.29, 0.717) is 15.8 Å². The first-order valence-electron chi connectivity index (χ1n) is 5.01. The zero-order chi connectivity index (χ0) is 11.8. The summed E-state index contributed by atoms with van der Waals surface area (Å²) in [6.45, 7) is 0. The number of furan rings is 1. The van der Waals surface area contributed by atoms with Gasteiger partial charge in [0.1, 0.15) is 23.2 Å². The van der Waals surface area contributed by atoms with Crippen molar-refractivity contribution in [1.29, 1.82) is 0 Å². The molecule has 0 saturated carbocycles. The molecule has 0 radical (unpaired) electrons. The molecule has 0 atom stereocenters. The van der Waals surface area contributed by atoms with E-state index in [2.05, 4.69) is 15.9 Å². The van der Waals surface area contributed by atoms with Gasteiger partial charge in [-0.1, -0.05) is 18.2 Å². The molecule has 3 aromatic rings. The third-order valence-corrected chi connectivity index (χ3v) is 2.89. The summed E-state index contributed by atoms with van der Waals surface area (Å²) in [5.74, 6) is 0.515.